The Balaban J connectivity index is 1.49. The monoisotopic (exact) mass is 415 g/mol. The Morgan fingerprint density at radius 3 is 1.97 bits per heavy atom. The molecule has 3 aromatic rings. The van der Waals surface area contributed by atoms with Gasteiger partial charge in [-0.1, -0.05) is 12.1 Å². The number of alkyl halides is 6. The van der Waals surface area contributed by atoms with E-state index in [1.165, 1.54) is 24.5 Å². The van der Waals surface area contributed by atoms with Gasteiger partial charge in [0.05, 0.1) is 16.7 Å². The molecule has 1 aromatic carbocycles. The standard InChI is InChI=1S/C17H11F6N5O/c18-16(19,20)11-3-1-10(2-4-11)15(5-6-15)26-14-24-7-9(8-25-14)12-27-28-13(29-12)17(21,22)23/h1-4,7-8H,5-6H2,(H,24,25,26). The van der Waals surface area contributed by atoms with Gasteiger partial charge in [0, 0.05) is 12.4 Å². The van der Waals surface area contributed by atoms with Gasteiger partial charge < -0.3 is 9.73 Å². The number of anilines is 1. The lowest BCUT2D eigenvalue weighted by Gasteiger charge is -2.18. The zero-order valence-electron chi connectivity index (χ0n) is 14.3. The van der Waals surface area contributed by atoms with Crippen LogP contribution in [0.15, 0.2) is 41.1 Å². The zero-order valence-corrected chi connectivity index (χ0v) is 14.3. The summed E-state index contributed by atoms with van der Waals surface area (Å²) in [6.07, 6.45) is -5.40. The van der Waals surface area contributed by atoms with Crippen molar-refractivity contribution in [1.82, 2.24) is 20.2 Å². The van der Waals surface area contributed by atoms with E-state index in [-0.39, 0.29) is 17.4 Å². The van der Waals surface area contributed by atoms with Gasteiger partial charge in [0.15, 0.2) is 0 Å². The van der Waals surface area contributed by atoms with E-state index in [1.807, 2.05) is 0 Å². The van der Waals surface area contributed by atoms with Crippen LogP contribution in [0, 0.1) is 0 Å². The van der Waals surface area contributed by atoms with Gasteiger partial charge >= 0.3 is 18.2 Å². The predicted molar refractivity (Wildman–Crippen MR) is 86.3 cm³/mol. The molecule has 0 aliphatic heterocycles. The molecule has 0 unspecified atom stereocenters. The molecule has 0 spiro atoms. The van der Waals surface area contributed by atoms with Crippen LogP contribution in [0.25, 0.3) is 11.5 Å². The summed E-state index contributed by atoms with van der Waals surface area (Å²) in [4.78, 5) is 8.05. The topological polar surface area (TPSA) is 76.7 Å². The quantitative estimate of drug-likeness (QED) is 0.625. The molecule has 0 amide bonds. The lowest BCUT2D eigenvalue weighted by molar-refractivity contribution is -0.157. The fourth-order valence-electron chi connectivity index (χ4n) is 2.76. The Hall–Kier alpha value is -3.18. The van der Waals surface area contributed by atoms with Gasteiger partial charge in [-0.05, 0) is 30.5 Å². The first-order chi connectivity index (χ1) is 13.6. The van der Waals surface area contributed by atoms with Gasteiger partial charge in [0.2, 0.25) is 5.95 Å². The van der Waals surface area contributed by atoms with Crippen LogP contribution in [-0.4, -0.2) is 20.2 Å². The Morgan fingerprint density at radius 1 is 0.862 bits per heavy atom. The molecule has 0 saturated heterocycles. The first kappa shape index (κ1) is 19.2. The molecule has 0 radical (unpaired) electrons. The van der Waals surface area contributed by atoms with Crippen LogP contribution in [0.2, 0.25) is 0 Å². The molecule has 2 aromatic heterocycles. The highest BCUT2D eigenvalue weighted by Crippen LogP contribution is 2.48. The van der Waals surface area contributed by atoms with E-state index in [2.05, 4.69) is 29.9 Å². The number of rotatable bonds is 4. The molecule has 2 heterocycles. The molecule has 1 saturated carbocycles. The minimum atomic E-state index is -4.76. The lowest BCUT2D eigenvalue weighted by atomic mass is 10.0. The predicted octanol–water partition coefficient (Wildman–Crippen LogP) is 4.67. The van der Waals surface area contributed by atoms with Crippen molar-refractivity contribution in [2.24, 2.45) is 0 Å². The molecule has 1 fully saturated rings. The van der Waals surface area contributed by atoms with E-state index in [1.54, 1.807) is 0 Å². The third kappa shape index (κ3) is 3.87. The summed E-state index contributed by atoms with van der Waals surface area (Å²) in [5.74, 6) is -1.69. The van der Waals surface area contributed by atoms with Crippen molar-refractivity contribution in [1.29, 1.82) is 0 Å². The Kier molecular flexibility index (Phi) is 4.24. The Morgan fingerprint density at radius 2 is 1.48 bits per heavy atom. The smallest absolute Gasteiger partial charge is 0.413 e. The van der Waals surface area contributed by atoms with Crippen molar-refractivity contribution < 1.29 is 30.8 Å². The average Bonchev–Trinajstić information content (AvgIpc) is 3.25. The van der Waals surface area contributed by atoms with E-state index < -0.39 is 29.3 Å². The van der Waals surface area contributed by atoms with Gasteiger partial charge in [0.25, 0.3) is 5.89 Å². The number of halogens is 6. The second kappa shape index (κ2) is 6.42. The van der Waals surface area contributed by atoms with Crippen LogP contribution in [0.3, 0.4) is 0 Å². The molecule has 29 heavy (non-hydrogen) atoms. The third-order valence-electron chi connectivity index (χ3n) is 4.43. The van der Waals surface area contributed by atoms with Crippen molar-refractivity contribution >= 4 is 5.95 Å². The van der Waals surface area contributed by atoms with E-state index in [9.17, 15) is 26.3 Å². The first-order valence-electron chi connectivity index (χ1n) is 8.26. The van der Waals surface area contributed by atoms with E-state index in [0.29, 0.717) is 18.4 Å². The highest BCUT2D eigenvalue weighted by Gasteiger charge is 2.45. The molecule has 1 aliphatic rings. The molecular weight excluding hydrogens is 404 g/mol. The summed E-state index contributed by atoms with van der Waals surface area (Å²) in [6.45, 7) is 0. The fraction of sp³-hybridized carbons (Fsp3) is 0.294. The minimum Gasteiger partial charge on any atom is -0.413 e. The van der Waals surface area contributed by atoms with E-state index >= 15 is 0 Å². The molecule has 6 nitrogen and oxygen atoms in total. The number of aromatic nitrogens is 4. The maximum atomic E-state index is 12.7. The summed E-state index contributed by atoms with van der Waals surface area (Å²) >= 11 is 0. The molecule has 0 bridgehead atoms. The van der Waals surface area contributed by atoms with Gasteiger partial charge in [-0.15, -0.1) is 10.2 Å². The van der Waals surface area contributed by atoms with Gasteiger partial charge in [-0.25, -0.2) is 9.97 Å². The maximum Gasteiger partial charge on any atom is 0.470 e. The van der Waals surface area contributed by atoms with Crippen LogP contribution in [0.1, 0.15) is 29.9 Å². The summed E-state index contributed by atoms with van der Waals surface area (Å²) in [7, 11) is 0. The normalized spacial score (nSPS) is 15.9. The summed E-state index contributed by atoms with van der Waals surface area (Å²) in [5, 5.41) is 9.30. The van der Waals surface area contributed by atoms with Crippen molar-refractivity contribution in [3.8, 4) is 11.5 Å². The SMILES string of the molecule is FC(F)(F)c1ccc(C2(Nc3ncc(-c4nnc(C(F)(F)F)o4)cn3)CC2)cc1. The van der Waals surface area contributed by atoms with Crippen molar-refractivity contribution in [2.75, 3.05) is 5.32 Å². The number of nitrogens with zero attached hydrogens (tertiary/aromatic N) is 4. The zero-order chi connectivity index (χ0) is 20.9. The van der Waals surface area contributed by atoms with Crippen LogP contribution in [0.5, 0.6) is 0 Å². The fourth-order valence-corrected chi connectivity index (χ4v) is 2.76. The molecule has 4 rings (SSSR count). The summed E-state index contributed by atoms with van der Waals surface area (Å²) < 4.78 is 80.3. The van der Waals surface area contributed by atoms with Crippen LogP contribution >= 0.6 is 0 Å². The number of nitrogens with one attached hydrogen (secondary N) is 1. The highest BCUT2D eigenvalue weighted by molar-refractivity contribution is 5.51. The van der Waals surface area contributed by atoms with Gasteiger partial charge in [0.1, 0.15) is 0 Å². The lowest BCUT2D eigenvalue weighted by Crippen LogP contribution is -2.20. The summed E-state index contributed by atoms with van der Waals surface area (Å²) in [6, 6.07) is 4.81. The van der Waals surface area contributed by atoms with Crippen LogP contribution in [-0.2, 0) is 17.9 Å². The van der Waals surface area contributed by atoms with Crippen molar-refractivity contribution in [3.05, 3.63) is 53.7 Å². The minimum absolute atomic E-state index is 0.0953. The first-order valence-corrected chi connectivity index (χ1v) is 8.26. The average molecular weight is 415 g/mol. The van der Waals surface area contributed by atoms with E-state index in [4.69, 9.17) is 0 Å². The number of hydrogen-bond donors (Lipinski definition) is 1. The Labute approximate surface area is 159 Å². The van der Waals surface area contributed by atoms with Crippen LogP contribution < -0.4 is 5.32 Å². The second-order valence-corrected chi connectivity index (χ2v) is 6.49. The number of hydrogen-bond acceptors (Lipinski definition) is 6. The molecule has 1 aliphatic carbocycles. The third-order valence-corrected chi connectivity index (χ3v) is 4.43. The van der Waals surface area contributed by atoms with Gasteiger partial charge in [-0.3, -0.25) is 0 Å². The van der Waals surface area contributed by atoms with Crippen LogP contribution in [0.4, 0.5) is 32.3 Å². The number of benzene rings is 1. The largest absolute Gasteiger partial charge is 0.470 e. The molecule has 152 valence electrons. The van der Waals surface area contributed by atoms with Crippen molar-refractivity contribution in [3.63, 3.8) is 0 Å². The van der Waals surface area contributed by atoms with Crippen molar-refractivity contribution in [2.45, 2.75) is 30.7 Å². The molecular formula is C17H11F6N5O. The highest BCUT2D eigenvalue weighted by atomic mass is 19.4. The summed E-state index contributed by atoms with van der Waals surface area (Å²) in [5.41, 5.74) is -0.571. The Bertz CT molecular complexity index is 1010. The molecule has 12 heteroatoms. The van der Waals surface area contributed by atoms with E-state index in [0.717, 1.165) is 12.1 Å². The molecule has 1 N–H and O–H groups in total. The second-order valence-electron chi connectivity index (χ2n) is 6.49. The molecule has 0 atom stereocenters. The maximum absolute atomic E-state index is 12.7. The van der Waals surface area contributed by atoms with Gasteiger partial charge in [-0.2, -0.15) is 26.3 Å².